The first-order valence-electron chi connectivity index (χ1n) is 13.2. The van der Waals surface area contributed by atoms with E-state index in [0.29, 0.717) is 22.9 Å². The SMILES string of the molecule is Cc1cc(Cl)nc(NC(=O)Nc2ccccc2)n1.Cc1cc(NCCCN(C)C)nc(NC(=O)Nc2ccccc2)n1. The highest BCUT2D eigenvalue weighted by Gasteiger charge is 2.08. The number of hydrogen-bond acceptors (Lipinski definition) is 8. The summed E-state index contributed by atoms with van der Waals surface area (Å²) in [6.45, 7) is 5.45. The highest BCUT2D eigenvalue weighted by atomic mass is 35.5. The minimum absolute atomic E-state index is 0.174. The molecule has 0 atom stereocenters. The largest absolute Gasteiger partial charge is 0.370 e. The van der Waals surface area contributed by atoms with Crippen LogP contribution in [-0.2, 0) is 0 Å². The standard InChI is InChI=1S/C17H24N6O.C12H11ClN4O/c1-13-12-15(18-10-7-11-23(2)3)21-16(19-13)22-17(24)20-14-8-5-4-6-9-14;1-8-7-10(13)16-11(14-8)17-12(18)15-9-5-3-2-4-6-9/h4-6,8-9,12H,7,10-11H2,1-3H3,(H3,18,19,20,21,22,24);2-7H,1H3,(H2,14,15,16,17,18). The van der Waals surface area contributed by atoms with Gasteiger partial charge in [0.05, 0.1) is 0 Å². The third kappa shape index (κ3) is 12.1. The van der Waals surface area contributed by atoms with Crippen molar-refractivity contribution in [3.05, 3.63) is 89.3 Å². The van der Waals surface area contributed by atoms with Crippen LogP contribution in [0.5, 0.6) is 0 Å². The van der Waals surface area contributed by atoms with Crippen molar-refractivity contribution in [3.8, 4) is 0 Å². The van der Waals surface area contributed by atoms with Gasteiger partial charge in [-0.3, -0.25) is 10.6 Å². The number of halogens is 1. The Hall–Kier alpha value is -4.81. The number of anilines is 5. The molecule has 0 aliphatic carbocycles. The zero-order valence-corrected chi connectivity index (χ0v) is 24.7. The number of nitrogens with one attached hydrogen (secondary N) is 5. The first kappa shape index (κ1) is 31.7. The summed E-state index contributed by atoms with van der Waals surface area (Å²) < 4.78 is 0. The number of aromatic nitrogens is 4. The summed E-state index contributed by atoms with van der Waals surface area (Å²) in [4.78, 5) is 42.3. The second kappa shape index (κ2) is 16.5. The molecule has 5 N–H and O–H groups in total. The van der Waals surface area contributed by atoms with Gasteiger partial charge in [0.15, 0.2) is 0 Å². The molecule has 0 fully saturated rings. The predicted octanol–water partition coefficient (Wildman–Crippen LogP) is 5.88. The summed E-state index contributed by atoms with van der Waals surface area (Å²) in [5.74, 6) is 1.16. The molecule has 4 aromatic rings. The molecule has 0 radical (unpaired) electrons. The molecule has 2 aromatic heterocycles. The quantitative estimate of drug-likeness (QED) is 0.120. The number of para-hydroxylation sites is 2. The molecule has 4 amide bonds. The van der Waals surface area contributed by atoms with Gasteiger partial charge in [-0.2, -0.15) is 4.98 Å². The number of benzene rings is 2. The average molecular weight is 591 g/mol. The molecule has 0 spiro atoms. The van der Waals surface area contributed by atoms with Gasteiger partial charge in [-0.25, -0.2) is 24.5 Å². The number of aryl methyl sites for hydroxylation is 2. The third-order valence-corrected chi connectivity index (χ3v) is 5.47. The van der Waals surface area contributed by atoms with Crippen molar-refractivity contribution in [2.24, 2.45) is 0 Å². The minimum atomic E-state index is -0.414. The third-order valence-electron chi connectivity index (χ3n) is 5.28. The Kier molecular flexibility index (Phi) is 12.4. The number of carbonyl (C=O) groups excluding carboxylic acids is 2. The van der Waals surface area contributed by atoms with Gasteiger partial charge < -0.3 is 20.9 Å². The topological polar surface area (TPSA) is 149 Å². The van der Waals surface area contributed by atoms with Crippen LogP contribution in [0, 0.1) is 13.8 Å². The summed E-state index contributed by atoms with van der Waals surface area (Å²) in [6.07, 6.45) is 1.01. The lowest BCUT2D eigenvalue weighted by atomic mass is 10.3. The van der Waals surface area contributed by atoms with Crippen molar-refractivity contribution in [1.29, 1.82) is 0 Å². The summed E-state index contributed by atoms with van der Waals surface area (Å²) in [5.41, 5.74) is 2.87. The van der Waals surface area contributed by atoms with Crippen LogP contribution < -0.4 is 26.6 Å². The number of carbonyl (C=O) groups is 2. The Labute approximate surface area is 250 Å². The monoisotopic (exact) mass is 590 g/mol. The first-order valence-corrected chi connectivity index (χ1v) is 13.6. The van der Waals surface area contributed by atoms with Crippen molar-refractivity contribution in [3.63, 3.8) is 0 Å². The Bertz CT molecular complexity index is 1420. The molecule has 220 valence electrons. The maximum atomic E-state index is 12.0. The summed E-state index contributed by atoms with van der Waals surface area (Å²) >= 11 is 5.77. The van der Waals surface area contributed by atoms with E-state index >= 15 is 0 Å². The van der Waals surface area contributed by atoms with E-state index in [4.69, 9.17) is 11.6 Å². The molecule has 0 aliphatic rings. The highest BCUT2D eigenvalue weighted by Crippen LogP contribution is 2.12. The van der Waals surface area contributed by atoms with Crippen LogP contribution in [0.4, 0.5) is 38.7 Å². The zero-order valence-electron chi connectivity index (χ0n) is 24.0. The van der Waals surface area contributed by atoms with Crippen LogP contribution in [0.2, 0.25) is 5.15 Å². The molecule has 4 rings (SSSR count). The summed E-state index contributed by atoms with van der Waals surface area (Å²) in [7, 11) is 4.09. The second-order valence-corrected chi connectivity index (χ2v) is 9.73. The molecule has 13 heteroatoms. The van der Waals surface area contributed by atoms with Crippen LogP contribution in [0.15, 0.2) is 72.8 Å². The lowest BCUT2D eigenvalue weighted by Crippen LogP contribution is -2.21. The Morgan fingerprint density at radius 2 is 1.21 bits per heavy atom. The van der Waals surface area contributed by atoms with Crippen molar-refractivity contribution in [2.75, 3.05) is 53.8 Å². The first-order chi connectivity index (χ1) is 20.2. The Morgan fingerprint density at radius 3 is 1.71 bits per heavy atom. The molecule has 2 heterocycles. The summed E-state index contributed by atoms with van der Waals surface area (Å²) in [6, 6.07) is 21.0. The molecule has 12 nitrogen and oxygen atoms in total. The van der Waals surface area contributed by atoms with Crippen molar-refractivity contribution >= 4 is 52.8 Å². The number of rotatable bonds is 9. The van der Waals surface area contributed by atoms with E-state index in [9.17, 15) is 9.59 Å². The van der Waals surface area contributed by atoms with Gasteiger partial charge in [-0.1, -0.05) is 48.0 Å². The van der Waals surface area contributed by atoms with Gasteiger partial charge in [-0.05, 0) is 71.2 Å². The number of hydrogen-bond donors (Lipinski definition) is 5. The van der Waals surface area contributed by atoms with E-state index in [-0.39, 0.29) is 23.1 Å². The molecule has 2 aromatic carbocycles. The number of urea groups is 2. The normalized spacial score (nSPS) is 10.2. The maximum Gasteiger partial charge on any atom is 0.326 e. The number of nitrogens with zero attached hydrogens (tertiary/aromatic N) is 5. The van der Waals surface area contributed by atoms with Crippen LogP contribution in [0.25, 0.3) is 0 Å². The smallest absolute Gasteiger partial charge is 0.326 e. The Balaban J connectivity index is 0.000000240. The molecule has 0 bridgehead atoms. The zero-order chi connectivity index (χ0) is 30.3. The van der Waals surface area contributed by atoms with E-state index < -0.39 is 6.03 Å². The van der Waals surface area contributed by atoms with Gasteiger partial charge in [0.25, 0.3) is 0 Å². The van der Waals surface area contributed by atoms with E-state index in [2.05, 4.69) is 51.4 Å². The van der Waals surface area contributed by atoms with Crippen LogP contribution >= 0.6 is 11.6 Å². The Morgan fingerprint density at radius 1 is 0.714 bits per heavy atom. The molecule has 0 saturated heterocycles. The molecule has 42 heavy (non-hydrogen) atoms. The lowest BCUT2D eigenvalue weighted by Gasteiger charge is -2.12. The van der Waals surface area contributed by atoms with Crippen LogP contribution in [0.3, 0.4) is 0 Å². The van der Waals surface area contributed by atoms with Crippen LogP contribution in [0.1, 0.15) is 17.8 Å². The average Bonchev–Trinajstić information content (AvgIpc) is 2.91. The molecular weight excluding hydrogens is 556 g/mol. The van der Waals surface area contributed by atoms with Gasteiger partial charge in [0.2, 0.25) is 11.9 Å². The van der Waals surface area contributed by atoms with E-state index in [0.717, 1.165) is 25.2 Å². The predicted molar refractivity (Wildman–Crippen MR) is 168 cm³/mol. The fourth-order valence-corrected chi connectivity index (χ4v) is 3.72. The van der Waals surface area contributed by atoms with Gasteiger partial charge in [-0.15, -0.1) is 0 Å². The summed E-state index contributed by atoms with van der Waals surface area (Å²) in [5, 5.41) is 14.1. The molecule has 0 unspecified atom stereocenters. The second-order valence-electron chi connectivity index (χ2n) is 9.35. The fourth-order valence-electron chi connectivity index (χ4n) is 3.48. The molecule has 0 aliphatic heterocycles. The number of amides is 4. The van der Waals surface area contributed by atoms with Gasteiger partial charge in [0, 0.05) is 35.4 Å². The van der Waals surface area contributed by atoms with Crippen molar-refractivity contribution in [2.45, 2.75) is 20.3 Å². The van der Waals surface area contributed by atoms with Gasteiger partial charge >= 0.3 is 12.1 Å². The van der Waals surface area contributed by atoms with Crippen molar-refractivity contribution < 1.29 is 9.59 Å². The van der Waals surface area contributed by atoms with Crippen LogP contribution in [-0.4, -0.2) is 64.1 Å². The maximum absolute atomic E-state index is 12.0. The minimum Gasteiger partial charge on any atom is -0.370 e. The molecule has 0 saturated carbocycles. The van der Waals surface area contributed by atoms with E-state index in [1.807, 2.05) is 75.6 Å². The van der Waals surface area contributed by atoms with Crippen molar-refractivity contribution in [1.82, 2.24) is 24.8 Å². The van der Waals surface area contributed by atoms with E-state index in [1.165, 1.54) is 0 Å². The highest BCUT2D eigenvalue weighted by molar-refractivity contribution is 6.29. The lowest BCUT2D eigenvalue weighted by molar-refractivity contribution is 0.261. The van der Waals surface area contributed by atoms with Gasteiger partial charge in [0.1, 0.15) is 11.0 Å². The molecular formula is C29H35ClN10O2. The van der Waals surface area contributed by atoms with E-state index in [1.54, 1.807) is 25.1 Å². The fraction of sp³-hybridized carbons (Fsp3) is 0.241.